The molecule has 164 valence electrons. The zero-order valence-electron chi connectivity index (χ0n) is 17.7. The third-order valence-electron chi connectivity index (χ3n) is 5.82. The zero-order valence-corrected chi connectivity index (χ0v) is 17.7. The summed E-state index contributed by atoms with van der Waals surface area (Å²) < 4.78 is 0. The number of amides is 2. The number of carbonyl (C=O) groups excluding carboxylic acids is 2. The van der Waals surface area contributed by atoms with Crippen molar-refractivity contribution in [2.45, 2.75) is 63.9 Å². The zero-order chi connectivity index (χ0) is 21.8. The molecule has 8 nitrogen and oxygen atoms in total. The molecule has 3 rings (SSSR count). The number of hydrogen-bond acceptors (Lipinski definition) is 5. The van der Waals surface area contributed by atoms with E-state index >= 15 is 0 Å². The average Bonchev–Trinajstić information content (AvgIpc) is 3.33. The molecule has 7 N–H and O–H groups in total. The Morgan fingerprint density at radius 2 is 2.07 bits per heavy atom. The molecule has 0 spiro atoms. The van der Waals surface area contributed by atoms with Gasteiger partial charge in [-0.1, -0.05) is 32.0 Å². The first-order valence-electron chi connectivity index (χ1n) is 10.6. The molecule has 0 saturated carbocycles. The van der Waals surface area contributed by atoms with Crippen LogP contribution < -0.4 is 16.8 Å². The first kappa shape index (κ1) is 22.3. The predicted molar refractivity (Wildman–Crippen MR) is 116 cm³/mol. The molecule has 1 saturated heterocycles. The SMILES string of the molecule is CC(C)C[C@H](N)C(O)N1CCC[C@H]1C(=O)N[C@@H](Cc1c[nH]c2ccccc12)C(N)=O. The fraction of sp³-hybridized carbons (Fsp3) is 0.545. The molecule has 4 atom stereocenters. The number of nitrogens with two attached hydrogens (primary N) is 2. The predicted octanol–water partition coefficient (Wildman–Crippen LogP) is 0.837. The number of nitrogens with one attached hydrogen (secondary N) is 2. The van der Waals surface area contributed by atoms with Crippen molar-refractivity contribution >= 4 is 22.7 Å². The van der Waals surface area contributed by atoms with Crippen LogP contribution in [0.4, 0.5) is 0 Å². The number of aromatic amines is 1. The van der Waals surface area contributed by atoms with E-state index in [9.17, 15) is 14.7 Å². The highest BCUT2D eigenvalue weighted by Crippen LogP contribution is 2.23. The van der Waals surface area contributed by atoms with Gasteiger partial charge in [0, 0.05) is 36.1 Å². The van der Waals surface area contributed by atoms with Gasteiger partial charge in [-0.15, -0.1) is 0 Å². The highest BCUT2D eigenvalue weighted by Gasteiger charge is 2.38. The van der Waals surface area contributed by atoms with Crippen LogP contribution in [0.2, 0.25) is 0 Å². The number of H-pyrrole nitrogens is 1. The molecule has 1 aliphatic heterocycles. The van der Waals surface area contributed by atoms with Crippen molar-refractivity contribution in [2.24, 2.45) is 17.4 Å². The first-order chi connectivity index (χ1) is 14.3. The normalized spacial score (nSPS) is 20.4. The van der Waals surface area contributed by atoms with Crippen LogP contribution in [0.15, 0.2) is 30.5 Å². The molecular weight excluding hydrogens is 382 g/mol. The molecule has 1 fully saturated rings. The minimum Gasteiger partial charge on any atom is -0.377 e. The van der Waals surface area contributed by atoms with Crippen LogP contribution in [-0.4, -0.2) is 57.7 Å². The maximum Gasteiger partial charge on any atom is 0.240 e. The van der Waals surface area contributed by atoms with Gasteiger partial charge in [-0.2, -0.15) is 0 Å². The minimum absolute atomic E-state index is 0.299. The molecule has 2 heterocycles. The van der Waals surface area contributed by atoms with Crippen LogP contribution in [0, 0.1) is 5.92 Å². The number of aliphatic hydroxyl groups is 1. The first-order valence-corrected chi connectivity index (χ1v) is 10.6. The summed E-state index contributed by atoms with van der Waals surface area (Å²) in [6.45, 7) is 4.68. The number of benzene rings is 1. The van der Waals surface area contributed by atoms with E-state index in [-0.39, 0.29) is 5.91 Å². The van der Waals surface area contributed by atoms with Gasteiger partial charge in [0.25, 0.3) is 0 Å². The number of aromatic nitrogens is 1. The van der Waals surface area contributed by atoms with Crippen LogP contribution >= 0.6 is 0 Å². The van der Waals surface area contributed by atoms with E-state index in [0.29, 0.717) is 31.7 Å². The lowest BCUT2D eigenvalue weighted by molar-refractivity contribution is -0.133. The lowest BCUT2D eigenvalue weighted by Crippen LogP contribution is -2.57. The number of carbonyl (C=O) groups is 2. The quantitative estimate of drug-likeness (QED) is 0.413. The molecule has 30 heavy (non-hydrogen) atoms. The summed E-state index contributed by atoms with van der Waals surface area (Å²) in [6.07, 6.45) is 3.29. The van der Waals surface area contributed by atoms with Gasteiger partial charge in [0.1, 0.15) is 12.3 Å². The van der Waals surface area contributed by atoms with Crippen molar-refractivity contribution in [3.8, 4) is 0 Å². The van der Waals surface area contributed by atoms with Crippen molar-refractivity contribution in [3.05, 3.63) is 36.0 Å². The second kappa shape index (κ2) is 9.59. The highest BCUT2D eigenvalue weighted by molar-refractivity contribution is 5.90. The van der Waals surface area contributed by atoms with Gasteiger partial charge in [-0.25, -0.2) is 0 Å². The summed E-state index contributed by atoms with van der Waals surface area (Å²) in [5.74, 6) is -0.540. The summed E-state index contributed by atoms with van der Waals surface area (Å²) in [5.41, 5.74) is 13.6. The monoisotopic (exact) mass is 415 g/mol. The molecule has 0 aliphatic carbocycles. The Hall–Kier alpha value is -2.42. The van der Waals surface area contributed by atoms with Crippen molar-refractivity contribution in [2.75, 3.05) is 6.54 Å². The Balaban J connectivity index is 1.69. The van der Waals surface area contributed by atoms with Crippen molar-refractivity contribution in [3.63, 3.8) is 0 Å². The third-order valence-corrected chi connectivity index (χ3v) is 5.82. The van der Waals surface area contributed by atoms with Gasteiger partial charge in [0.2, 0.25) is 11.8 Å². The van der Waals surface area contributed by atoms with Gasteiger partial charge in [0.05, 0.1) is 6.04 Å². The van der Waals surface area contributed by atoms with Crippen LogP contribution in [0.1, 0.15) is 38.7 Å². The lowest BCUT2D eigenvalue weighted by Gasteiger charge is -2.33. The summed E-state index contributed by atoms with van der Waals surface area (Å²) in [4.78, 5) is 30.0. The van der Waals surface area contributed by atoms with Crippen LogP contribution in [0.25, 0.3) is 10.9 Å². The molecule has 0 radical (unpaired) electrons. The Labute approximate surface area is 177 Å². The fourth-order valence-electron chi connectivity index (χ4n) is 4.31. The van der Waals surface area contributed by atoms with Gasteiger partial charge < -0.3 is 26.9 Å². The van der Waals surface area contributed by atoms with Gasteiger partial charge in [-0.05, 0) is 36.8 Å². The van der Waals surface area contributed by atoms with E-state index in [0.717, 1.165) is 22.9 Å². The summed E-state index contributed by atoms with van der Waals surface area (Å²) in [6, 6.07) is 5.98. The summed E-state index contributed by atoms with van der Waals surface area (Å²) >= 11 is 0. The molecule has 2 aromatic rings. The Bertz CT molecular complexity index is 881. The van der Waals surface area contributed by atoms with Gasteiger partial charge in [0.15, 0.2) is 0 Å². The third kappa shape index (κ3) is 5.00. The Morgan fingerprint density at radius 1 is 1.33 bits per heavy atom. The largest absolute Gasteiger partial charge is 0.377 e. The minimum atomic E-state index is -0.897. The number of hydrogen-bond donors (Lipinski definition) is 5. The summed E-state index contributed by atoms with van der Waals surface area (Å²) in [7, 11) is 0. The molecule has 1 aliphatic rings. The Morgan fingerprint density at radius 3 is 2.77 bits per heavy atom. The van der Waals surface area contributed by atoms with E-state index in [1.807, 2.05) is 44.3 Å². The number of primary amides is 1. The van der Waals surface area contributed by atoms with E-state index in [2.05, 4.69) is 10.3 Å². The second-order valence-corrected chi connectivity index (χ2v) is 8.63. The van der Waals surface area contributed by atoms with E-state index in [1.54, 1.807) is 4.90 Å². The molecule has 8 heteroatoms. The van der Waals surface area contributed by atoms with Gasteiger partial charge in [-0.3, -0.25) is 14.5 Å². The number of nitrogens with zero attached hydrogens (tertiary/aromatic N) is 1. The number of aliphatic hydroxyl groups excluding tert-OH is 1. The second-order valence-electron chi connectivity index (χ2n) is 8.63. The van der Waals surface area contributed by atoms with Crippen LogP contribution in [0.5, 0.6) is 0 Å². The van der Waals surface area contributed by atoms with Crippen molar-refractivity contribution in [1.29, 1.82) is 0 Å². The standard InChI is InChI=1S/C22H33N5O3/c1-13(2)10-16(23)22(30)27-9-5-8-19(27)21(29)26-18(20(24)28)11-14-12-25-17-7-4-3-6-15(14)17/h3-4,6-7,12-13,16,18-19,22,25,30H,5,8-11,23H2,1-2H3,(H2,24,28)(H,26,29)/t16-,18-,19-,22?/m0/s1. The van der Waals surface area contributed by atoms with E-state index < -0.39 is 30.3 Å². The van der Waals surface area contributed by atoms with E-state index in [1.165, 1.54) is 0 Å². The van der Waals surface area contributed by atoms with E-state index in [4.69, 9.17) is 11.5 Å². The number of rotatable bonds is 9. The number of fused-ring (bicyclic) bond motifs is 1. The fourth-order valence-corrected chi connectivity index (χ4v) is 4.31. The van der Waals surface area contributed by atoms with Crippen molar-refractivity contribution in [1.82, 2.24) is 15.2 Å². The maximum absolute atomic E-state index is 13.0. The van der Waals surface area contributed by atoms with Gasteiger partial charge >= 0.3 is 0 Å². The Kier molecular flexibility index (Phi) is 7.12. The molecule has 2 amide bonds. The average molecular weight is 416 g/mol. The lowest BCUT2D eigenvalue weighted by atomic mass is 10.0. The topological polar surface area (TPSA) is 137 Å². The number of likely N-dealkylation sites (tertiary alicyclic amines) is 1. The van der Waals surface area contributed by atoms with Crippen LogP contribution in [0.3, 0.4) is 0 Å². The molecule has 1 unspecified atom stereocenters. The highest BCUT2D eigenvalue weighted by atomic mass is 16.3. The smallest absolute Gasteiger partial charge is 0.240 e. The molecule has 1 aromatic heterocycles. The number of para-hydroxylation sites is 1. The molecular formula is C22H33N5O3. The maximum atomic E-state index is 13.0. The van der Waals surface area contributed by atoms with Crippen molar-refractivity contribution < 1.29 is 14.7 Å². The van der Waals surface area contributed by atoms with Crippen LogP contribution in [-0.2, 0) is 16.0 Å². The molecule has 0 bridgehead atoms. The molecule has 1 aromatic carbocycles. The summed E-state index contributed by atoms with van der Waals surface area (Å²) in [5, 5.41) is 14.5.